The fraction of sp³-hybridized carbons (Fsp3) is 0.462. The van der Waals surface area contributed by atoms with Crippen LogP contribution in [0.25, 0.3) is 0 Å². The van der Waals surface area contributed by atoms with Gasteiger partial charge in [-0.1, -0.05) is 6.07 Å². The van der Waals surface area contributed by atoms with Crippen LogP contribution in [0.4, 0.5) is 4.79 Å². The van der Waals surface area contributed by atoms with E-state index in [1.54, 1.807) is 26.6 Å². The number of nitrogens with zero attached hydrogens (tertiary/aromatic N) is 3. The lowest BCUT2D eigenvalue weighted by Crippen LogP contribution is -2.52. The molecule has 3 aliphatic rings. The zero-order valence-corrected chi connectivity index (χ0v) is 20.4. The SMILES string of the molecule is COc1cccc(OC)c1CN1CCC[C@@H](NC(=O)N2CCC3=C(C2)C(c2ccncc2)NN3)C1. The van der Waals surface area contributed by atoms with Gasteiger partial charge in [0.2, 0.25) is 0 Å². The highest BCUT2D eigenvalue weighted by Gasteiger charge is 2.33. The second-order valence-electron chi connectivity index (χ2n) is 9.32. The molecule has 2 amide bonds. The maximum Gasteiger partial charge on any atom is 0.317 e. The predicted molar refractivity (Wildman–Crippen MR) is 133 cm³/mol. The van der Waals surface area contributed by atoms with Gasteiger partial charge < -0.3 is 25.1 Å². The molecule has 2 atom stereocenters. The lowest BCUT2D eigenvalue weighted by atomic mass is 9.96. The first-order chi connectivity index (χ1) is 17.2. The van der Waals surface area contributed by atoms with Crippen LogP contribution in [-0.4, -0.2) is 67.3 Å². The van der Waals surface area contributed by atoms with Crippen molar-refractivity contribution in [3.8, 4) is 11.5 Å². The van der Waals surface area contributed by atoms with Crippen molar-refractivity contribution in [1.29, 1.82) is 0 Å². The summed E-state index contributed by atoms with van der Waals surface area (Å²) < 4.78 is 11.1. The quantitative estimate of drug-likeness (QED) is 0.588. The van der Waals surface area contributed by atoms with Crippen LogP contribution in [-0.2, 0) is 6.54 Å². The number of benzene rings is 1. The molecule has 0 aliphatic carbocycles. The molecule has 3 N–H and O–H groups in total. The van der Waals surface area contributed by atoms with Crippen molar-refractivity contribution in [1.82, 2.24) is 31.0 Å². The van der Waals surface area contributed by atoms with E-state index in [-0.39, 0.29) is 18.1 Å². The Morgan fingerprint density at radius 2 is 1.91 bits per heavy atom. The number of hydrazine groups is 1. The number of hydrogen-bond acceptors (Lipinski definition) is 7. The van der Waals surface area contributed by atoms with Crippen molar-refractivity contribution in [2.45, 2.75) is 37.9 Å². The molecule has 4 heterocycles. The first-order valence-electron chi connectivity index (χ1n) is 12.3. The molecule has 0 radical (unpaired) electrons. The number of likely N-dealkylation sites (tertiary alicyclic amines) is 1. The van der Waals surface area contributed by atoms with Crippen molar-refractivity contribution < 1.29 is 14.3 Å². The van der Waals surface area contributed by atoms with E-state index in [1.165, 1.54) is 11.3 Å². The highest BCUT2D eigenvalue weighted by Crippen LogP contribution is 2.32. The van der Waals surface area contributed by atoms with Crippen molar-refractivity contribution >= 4 is 6.03 Å². The lowest BCUT2D eigenvalue weighted by Gasteiger charge is -2.36. The number of amides is 2. The monoisotopic (exact) mass is 478 g/mol. The maximum absolute atomic E-state index is 13.2. The summed E-state index contributed by atoms with van der Waals surface area (Å²) in [6.45, 7) is 3.83. The van der Waals surface area contributed by atoms with Crippen LogP contribution in [0.1, 0.15) is 36.4 Å². The third-order valence-electron chi connectivity index (χ3n) is 7.17. The standard InChI is InChI=1S/C26H34N6O3/c1-34-23-6-3-7-24(35-2)21(23)16-31-13-4-5-19(15-31)28-26(33)32-14-10-22-20(17-32)25(30-29-22)18-8-11-27-12-9-18/h3,6-9,11-12,19,25,29-30H,4-5,10,13-17H2,1-2H3,(H,28,33)/t19-,25?/m1/s1. The molecule has 1 fully saturated rings. The number of carbonyl (C=O) groups excluding carboxylic acids is 1. The number of carbonyl (C=O) groups is 1. The Morgan fingerprint density at radius 1 is 1.14 bits per heavy atom. The predicted octanol–water partition coefficient (Wildman–Crippen LogP) is 2.58. The van der Waals surface area contributed by atoms with Crippen LogP contribution >= 0.6 is 0 Å². The van der Waals surface area contributed by atoms with Gasteiger partial charge in [-0.05, 0) is 54.8 Å². The molecule has 1 saturated heterocycles. The Balaban J connectivity index is 1.20. The molecular weight excluding hydrogens is 444 g/mol. The van der Waals surface area contributed by atoms with E-state index in [4.69, 9.17) is 9.47 Å². The summed E-state index contributed by atoms with van der Waals surface area (Å²) in [5.41, 5.74) is 11.3. The molecule has 35 heavy (non-hydrogen) atoms. The fourth-order valence-electron chi connectivity index (χ4n) is 5.35. The molecule has 5 rings (SSSR count). The van der Waals surface area contributed by atoms with Crippen LogP contribution in [0.15, 0.2) is 54.0 Å². The van der Waals surface area contributed by atoms with Gasteiger partial charge in [-0.25, -0.2) is 10.2 Å². The Morgan fingerprint density at radius 3 is 2.66 bits per heavy atom. The van der Waals surface area contributed by atoms with Gasteiger partial charge >= 0.3 is 6.03 Å². The summed E-state index contributed by atoms with van der Waals surface area (Å²) in [6.07, 6.45) is 6.45. The molecule has 1 unspecified atom stereocenters. The van der Waals surface area contributed by atoms with E-state index in [2.05, 4.69) is 26.1 Å². The molecular formula is C26H34N6O3. The fourth-order valence-corrected chi connectivity index (χ4v) is 5.35. The molecule has 2 aromatic rings. The van der Waals surface area contributed by atoms with Gasteiger partial charge in [0, 0.05) is 56.7 Å². The first-order valence-corrected chi connectivity index (χ1v) is 12.3. The van der Waals surface area contributed by atoms with Gasteiger partial charge in [-0.15, -0.1) is 0 Å². The number of pyridine rings is 1. The topological polar surface area (TPSA) is 91.0 Å². The number of nitrogens with one attached hydrogen (secondary N) is 3. The second-order valence-corrected chi connectivity index (χ2v) is 9.32. The van der Waals surface area contributed by atoms with Crippen molar-refractivity contribution in [2.75, 3.05) is 40.4 Å². The normalized spacial score (nSPS) is 22.4. The molecule has 0 bridgehead atoms. The minimum atomic E-state index is 0.0126. The highest BCUT2D eigenvalue weighted by molar-refractivity contribution is 5.75. The average molecular weight is 479 g/mol. The smallest absolute Gasteiger partial charge is 0.317 e. The summed E-state index contributed by atoms with van der Waals surface area (Å²) in [7, 11) is 3.37. The highest BCUT2D eigenvalue weighted by atomic mass is 16.5. The largest absolute Gasteiger partial charge is 0.496 e. The van der Waals surface area contributed by atoms with Crippen LogP contribution < -0.4 is 25.6 Å². The van der Waals surface area contributed by atoms with E-state index in [1.807, 2.05) is 35.2 Å². The number of methoxy groups -OCH3 is 2. The Kier molecular flexibility index (Phi) is 7.06. The minimum absolute atomic E-state index is 0.0126. The van der Waals surface area contributed by atoms with Gasteiger partial charge in [0.15, 0.2) is 0 Å². The number of hydrogen-bond donors (Lipinski definition) is 3. The maximum atomic E-state index is 13.2. The molecule has 1 aromatic heterocycles. The summed E-state index contributed by atoms with van der Waals surface area (Å²) in [4.78, 5) is 21.7. The van der Waals surface area contributed by atoms with Gasteiger partial charge in [0.05, 0.1) is 25.8 Å². The molecule has 0 saturated carbocycles. The van der Waals surface area contributed by atoms with E-state index in [9.17, 15) is 4.79 Å². The molecule has 9 nitrogen and oxygen atoms in total. The summed E-state index contributed by atoms with van der Waals surface area (Å²) in [6, 6.07) is 10.1. The molecule has 0 spiro atoms. The third kappa shape index (κ3) is 5.06. The van der Waals surface area contributed by atoms with Crippen molar-refractivity contribution in [3.63, 3.8) is 0 Å². The summed E-state index contributed by atoms with van der Waals surface area (Å²) >= 11 is 0. The summed E-state index contributed by atoms with van der Waals surface area (Å²) in [5.74, 6) is 1.66. The van der Waals surface area contributed by atoms with E-state index in [0.29, 0.717) is 13.1 Å². The summed E-state index contributed by atoms with van der Waals surface area (Å²) in [5, 5.41) is 3.31. The molecule has 186 valence electrons. The second kappa shape index (κ2) is 10.5. The van der Waals surface area contributed by atoms with Crippen LogP contribution in [0.2, 0.25) is 0 Å². The Labute approximate surface area is 206 Å². The number of rotatable bonds is 6. The molecule has 3 aliphatic heterocycles. The molecule has 9 heteroatoms. The number of urea groups is 1. The van der Waals surface area contributed by atoms with Gasteiger partial charge in [-0.2, -0.15) is 0 Å². The number of aromatic nitrogens is 1. The number of ether oxygens (including phenoxy) is 2. The third-order valence-corrected chi connectivity index (χ3v) is 7.17. The number of piperidine rings is 1. The van der Waals surface area contributed by atoms with Crippen LogP contribution in [0.3, 0.4) is 0 Å². The van der Waals surface area contributed by atoms with Crippen LogP contribution in [0.5, 0.6) is 11.5 Å². The Hall–Kier alpha value is -3.30. The van der Waals surface area contributed by atoms with Gasteiger partial charge in [0.25, 0.3) is 0 Å². The van der Waals surface area contributed by atoms with Crippen LogP contribution in [0, 0.1) is 0 Å². The zero-order valence-electron chi connectivity index (χ0n) is 20.4. The van der Waals surface area contributed by atoms with Crippen molar-refractivity contribution in [3.05, 3.63) is 65.1 Å². The van der Waals surface area contributed by atoms with Gasteiger partial charge in [0.1, 0.15) is 11.5 Å². The van der Waals surface area contributed by atoms with Crippen molar-refractivity contribution in [2.24, 2.45) is 0 Å². The van der Waals surface area contributed by atoms with E-state index < -0.39 is 0 Å². The zero-order chi connectivity index (χ0) is 24.2. The van der Waals surface area contributed by atoms with E-state index >= 15 is 0 Å². The average Bonchev–Trinajstić information content (AvgIpc) is 3.33. The minimum Gasteiger partial charge on any atom is -0.496 e. The van der Waals surface area contributed by atoms with E-state index in [0.717, 1.165) is 61.5 Å². The lowest BCUT2D eigenvalue weighted by molar-refractivity contribution is 0.162. The Bertz CT molecular complexity index is 1050. The molecule has 1 aromatic carbocycles. The van der Waals surface area contributed by atoms with Gasteiger partial charge in [-0.3, -0.25) is 9.88 Å². The first kappa shape index (κ1) is 23.4.